The minimum absolute atomic E-state index is 0.346. The van der Waals surface area contributed by atoms with E-state index in [0.29, 0.717) is 6.42 Å². The third-order valence-corrected chi connectivity index (χ3v) is 7.45. The lowest BCUT2D eigenvalue weighted by Crippen LogP contribution is -1.93. The molecule has 0 aromatic carbocycles. The highest BCUT2D eigenvalue weighted by Gasteiger charge is 1.97. The maximum absolute atomic E-state index is 10.4. The van der Waals surface area contributed by atoms with Gasteiger partial charge in [0.25, 0.3) is 0 Å². The Bertz CT molecular complexity index is 369. The van der Waals surface area contributed by atoms with Crippen LogP contribution in [-0.2, 0) is 4.79 Å². The van der Waals surface area contributed by atoms with E-state index in [1.54, 1.807) is 0 Å². The molecule has 0 fully saturated rings. The van der Waals surface area contributed by atoms with Gasteiger partial charge in [0.2, 0.25) is 0 Å². The Morgan fingerprint density at radius 1 is 0.333 bits per heavy atom. The van der Waals surface area contributed by atoms with Gasteiger partial charge in [-0.05, 0) is 6.42 Å². The predicted molar refractivity (Wildman–Crippen MR) is 163 cm³/mol. The van der Waals surface area contributed by atoms with Crippen LogP contribution in [0.25, 0.3) is 0 Å². The molecule has 0 unspecified atom stereocenters. The lowest BCUT2D eigenvalue weighted by molar-refractivity contribution is -0.137. The molecule has 0 rings (SSSR count). The highest BCUT2D eigenvalue weighted by molar-refractivity contribution is 5.66. The van der Waals surface area contributed by atoms with E-state index in [-0.39, 0.29) is 0 Å². The van der Waals surface area contributed by atoms with Crippen LogP contribution in [0.5, 0.6) is 0 Å². The van der Waals surface area contributed by atoms with Crippen LogP contribution in [-0.4, -0.2) is 11.1 Å². The quantitative estimate of drug-likeness (QED) is 0.102. The number of rotatable bonds is 29. The molecule has 0 heterocycles. The second kappa shape index (κ2) is 36.6. The molecule has 218 valence electrons. The summed E-state index contributed by atoms with van der Waals surface area (Å²) >= 11 is 0. The van der Waals surface area contributed by atoms with Crippen molar-refractivity contribution in [2.75, 3.05) is 0 Å². The number of carbonyl (C=O) groups is 1. The minimum Gasteiger partial charge on any atom is -0.481 e. The summed E-state index contributed by atoms with van der Waals surface area (Å²) < 4.78 is 0. The SMILES string of the molecule is CCCCCCCCCCCC.CCCCCCCCCCCCCCCCCCCCCC(=O)O. The smallest absolute Gasteiger partial charge is 0.303 e. The van der Waals surface area contributed by atoms with E-state index in [2.05, 4.69) is 20.8 Å². The van der Waals surface area contributed by atoms with E-state index in [0.717, 1.165) is 12.8 Å². The lowest BCUT2D eigenvalue weighted by Gasteiger charge is -2.03. The van der Waals surface area contributed by atoms with E-state index in [4.69, 9.17) is 5.11 Å². The van der Waals surface area contributed by atoms with Crippen LogP contribution in [0.2, 0.25) is 0 Å². The van der Waals surface area contributed by atoms with Crippen LogP contribution < -0.4 is 0 Å². The van der Waals surface area contributed by atoms with Gasteiger partial charge < -0.3 is 5.11 Å². The van der Waals surface area contributed by atoms with Crippen LogP contribution in [0.1, 0.15) is 213 Å². The summed E-state index contributed by atoms with van der Waals surface area (Å²) in [4.78, 5) is 10.4. The molecule has 0 atom stereocenters. The molecule has 0 spiro atoms. The Morgan fingerprint density at radius 2 is 0.500 bits per heavy atom. The molecule has 0 radical (unpaired) electrons. The van der Waals surface area contributed by atoms with Crippen molar-refractivity contribution in [3.63, 3.8) is 0 Å². The summed E-state index contributed by atoms with van der Waals surface area (Å²) in [5, 5.41) is 8.56. The number of unbranched alkanes of at least 4 members (excludes halogenated alkanes) is 27. The first kappa shape index (κ1) is 37.6. The van der Waals surface area contributed by atoms with Gasteiger partial charge in [-0.3, -0.25) is 4.79 Å². The zero-order chi connectivity index (χ0) is 26.8. The third kappa shape index (κ3) is 40.6. The topological polar surface area (TPSA) is 37.3 Å². The van der Waals surface area contributed by atoms with Crippen molar-refractivity contribution in [3.8, 4) is 0 Å². The number of hydrogen-bond acceptors (Lipinski definition) is 1. The highest BCUT2D eigenvalue weighted by Crippen LogP contribution is 2.15. The Balaban J connectivity index is 0. The van der Waals surface area contributed by atoms with E-state index < -0.39 is 5.97 Å². The molecule has 0 aliphatic rings. The second-order valence-electron chi connectivity index (χ2n) is 11.3. The van der Waals surface area contributed by atoms with Gasteiger partial charge in [-0.1, -0.05) is 201 Å². The summed E-state index contributed by atoms with van der Waals surface area (Å²) in [6.07, 6.45) is 40.5. The fourth-order valence-electron chi connectivity index (χ4n) is 4.92. The number of aliphatic carboxylic acids is 1. The van der Waals surface area contributed by atoms with E-state index in [1.807, 2.05) is 0 Å². The van der Waals surface area contributed by atoms with Gasteiger partial charge in [0.15, 0.2) is 0 Å². The fraction of sp³-hybridized carbons (Fsp3) is 0.971. The molecular weight excluding hydrogens is 440 g/mol. The molecule has 2 heteroatoms. The first-order valence-corrected chi connectivity index (χ1v) is 16.9. The molecule has 1 N–H and O–H groups in total. The standard InChI is InChI=1S/C22H44O2.C12H26/c1-2-3-4-5-6-7-8-9-10-11-12-13-14-15-16-17-18-19-20-21-22(23)24;1-3-5-7-9-11-12-10-8-6-4-2/h2-21H2,1H3,(H,23,24);3-12H2,1-2H3. The number of carboxylic acid groups (broad SMARTS) is 1. The molecule has 0 saturated carbocycles. The summed E-state index contributed by atoms with van der Waals surface area (Å²) in [6.45, 7) is 6.84. The van der Waals surface area contributed by atoms with Crippen molar-refractivity contribution in [3.05, 3.63) is 0 Å². The molecule has 0 bridgehead atoms. The molecule has 0 aromatic rings. The van der Waals surface area contributed by atoms with Gasteiger partial charge >= 0.3 is 5.97 Å². The molecular formula is C34H70O2. The normalized spacial score (nSPS) is 10.9. The number of carboxylic acids is 1. The van der Waals surface area contributed by atoms with Crippen molar-refractivity contribution in [2.24, 2.45) is 0 Å². The zero-order valence-electron chi connectivity index (χ0n) is 25.6. The Kier molecular flexibility index (Phi) is 38.3. The van der Waals surface area contributed by atoms with Crippen molar-refractivity contribution < 1.29 is 9.90 Å². The van der Waals surface area contributed by atoms with Crippen LogP contribution in [0.3, 0.4) is 0 Å². The van der Waals surface area contributed by atoms with Crippen molar-refractivity contribution in [1.82, 2.24) is 0 Å². The summed E-state index contributed by atoms with van der Waals surface area (Å²) in [5.74, 6) is -0.651. The van der Waals surface area contributed by atoms with E-state index >= 15 is 0 Å². The van der Waals surface area contributed by atoms with E-state index in [1.165, 1.54) is 173 Å². The molecule has 36 heavy (non-hydrogen) atoms. The van der Waals surface area contributed by atoms with Crippen LogP contribution in [0, 0.1) is 0 Å². The average Bonchev–Trinajstić information content (AvgIpc) is 2.87. The fourth-order valence-corrected chi connectivity index (χ4v) is 4.92. The maximum Gasteiger partial charge on any atom is 0.303 e. The summed E-state index contributed by atoms with van der Waals surface area (Å²) in [5.41, 5.74) is 0. The van der Waals surface area contributed by atoms with Gasteiger partial charge in [0.05, 0.1) is 0 Å². The molecule has 0 aliphatic heterocycles. The predicted octanol–water partition coefficient (Wildman–Crippen LogP) is 12.8. The largest absolute Gasteiger partial charge is 0.481 e. The molecule has 2 nitrogen and oxygen atoms in total. The highest BCUT2D eigenvalue weighted by atomic mass is 16.4. The molecule has 0 aliphatic carbocycles. The first-order valence-electron chi connectivity index (χ1n) is 16.9. The molecule has 0 amide bonds. The van der Waals surface area contributed by atoms with E-state index in [9.17, 15) is 4.79 Å². The number of hydrogen-bond donors (Lipinski definition) is 1. The van der Waals surface area contributed by atoms with Crippen molar-refractivity contribution in [1.29, 1.82) is 0 Å². The van der Waals surface area contributed by atoms with Crippen molar-refractivity contribution in [2.45, 2.75) is 213 Å². The first-order chi connectivity index (χ1) is 17.7. The monoisotopic (exact) mass is 511 g/mol. The Labute approximate surface area is 229 Å². The Morgan fingerprint density at radius 3 is 0.667 bits per heavy atom. The maximum atomic E-state index is 10.4. The van der Waals surface area contributed by atoms with Gasteiger partial charge in [-0.25, -0.2) is 0 Å². The average molecular weight is 511 g/mol. The van der Waals surface area contributed by atoms with Crippen LogP contribution in [0.15, 0.2) is 0 Å². The third-order valence-electron chi connectivity index (χ3n) is 7.45. The summed E-state index contributed by atoms with van der Waals surface area (Å²) in [6, 6.07) is 0. The van der Waals surface area contributed by atoms with Gasteiger partial charge in [0, 0.05) is 6.42 Å². The van der Waals surface area contributed by atoms with Crippen LogP contribution >= 0.6 is 0 Å². The second-order valence-corrected chi connectivity index (χ2v) is 11.3. The van der Waals surface area contributed by atoms with Gasteiger partial charge in [-0.15, -0.1) is 0 Å². The molecule has 0 aromatic heterocycles. The minimum atomic E-state index is -0.651. The summed E-state index contributed by atoms with van der Waals surface area (Å²) in [7, 11) is 0. The van der Waals surface area contributed by atoms with Gasteiger partial charge in [-0.2, -0.15) is 0 Å². The zero-order valence-corrected chi connectivity index (χ0v) is 25.6. The van der Waals surface area contributed by atoms with Crippen molar-refractivity contribution >= 4 is 5.97 Å². The van der Waals surface area contributed by atoms with Crippen LogP contribution in [0.4, 0.5) is 0 Å². The lowest BCUT2D eigenvalue weighted by atomic mass is 10.0. The molecule has 0 saturated heterocycles. The Hall–Kier alpha value is -0.530. The van der Waals surface area contributed by atoms with Gasteiger partial charge in [0.1, 0.15) is 0 Å².